The van der Waals surface area contributed by atoms with E-state index in [2.05, 4.69) is 132 Å². The molecule has 0 amide bonds. The van der Waals surface area contributed by atoms with Crippen molar-refractivity contribution in [2.24, 2.45) is 0 Å². The molecule has 0 saturated carbocycles. The fraction of sp³-hybridized carbons (Fsp3) is 0.786. The van der Waals surface area contributed by atoms with Gasteiger partial charge in [0.05, 0.1) is 16.0 Å². The molecule has 0 bridgehead atoms. The Morgan fingerprint density at radius 2 is 1.09 bits per heavy atom. The van der Waals surface area contributed by atoms with Gasteiger partial charge in [-0.1, -0.05) is 64.8 Å². The molecule has 0 spiro atoms. The van der Waals surface area contributed by atoms with Gasteiger partial charge >= 0.3 is 0 Å². The molecule has 0 aliphatic heterocycles. The van der Waals surface area contributed by atoms with Crippen LogP contribution in [0, 0.1) is 0 Å². The van der Waals surface area contributed by atoms with Crippen molar-refractivity contribution in [3.63, 3.8) is 0 Å². The molecule has 0 aromatic heterocycles. The van der Waals surface area contributed by atoms with E-state index >= 15 is 0 Å². The van der Waals surface area contributed by atoms with Gasteiger partial charge in [-0.15, -0.1) is 19.7 Å². The van der Waals surface area contributed by atoms with Crippen molar-refractivity contribution in [2.45, 2.75) is 142 Å². The molecule has 35 heavy (non-hydrogen) atoms. The monoisotopic (exact) mass is 556 g/mol. The second-order valence-electron chi connectivity index (χ2n) is 13.3. The average molecular weight is 557 g/mol. The Kier molecular flexibility index (Phi) is 11.4. The van der Waals surface area contributed by atoms with Gasteiger partial charge in [-0.05, 0) is 72.8 Å². The van der Waals surface area contributed by atoms with Crippen LogP contribution in [0.3, 0.4) is 0 Å². The Labute approximate surface area is 224 Å². The molecular formula is C28H60O3Si4. The lowest BCUT2D eigenvalue weighted by Gasteiger charge is -2.59. The van der Waals surface area contributed by atoms with Gasteiger partial charge in [0.2, 0.25) is 25.0 Å². The van der Waals surface area contributed by atoms with E-state index in [1.807, 2.05) is 5.70 Å². The molecule has 2 unspecified atom stereocenters. The van der Waals surface area contributed by atoms with Crippen LogP contribution in [0.5, 0.6) is 0 Å². The molecular weight excluding hydrogens is 497 g/mol. The summed E-state index contributed by atoms with van der Waals surface area (Å²) < 4.78 is 21.5. The minimum absolute atomic E-state index is 0.176. The fourth-order valence-electron chi connectivity index (χ4n) is 5.13. The molecule has 0 radical (unpaired) electrons. The van der Waals surface area contributed by atoms with Gasteiger partial charge < -0.3 is 13.3 Å². The van der Waals surface area contributed by atoms with E-state index in [0.29, 0.717) is 0 Å². The molecule has 0 aliphatic rings. The van der Waals surface area contributed by atoms with Crippen molar-refractivity contribution in [3.8, 4) is 0 Å². The van der Waals surface area contributed by atoms with Crippen LogP contribution in [-0.2, 0) is 13.3 Å². The first-order valence-electron chi connectivity index (χ1n) is 13.5. The van der Waals surface area contributed by atoms with Gasteiger partial charge in [0, 0.05) is 5.04 Å². The molecule has 2 atom stereocenters. The van der Waals surface area contributed by atoms with Gasteiger partial charge in [-0.3, -0.25) is 0 Å². The highest BCUT2D eigenvalue weighted by atomic mass is 28.4. The third-order valence-corrected chi connectivity index (χ3v) is 25.0. The standard InChI is InChI=1S/C28H60O3Si4/c1-19-27(11,30-34(16,17)26(9,10)29-33(14,15)23-5)25(7,8)35(18,24-6)31-28(20-2,21-3)32(12,13)22-4/h22-24H,4-6,19-21H2,1-3,7-18H3. The smallest absolute Gasteiger partial charge is 0.222 e. The van der Waals surface area contributed by atoms with Crippen molar-refractivity contribution in [2.75, 3.05) is 0 Å². The van der Waals surface area contributed by atoms with Gasteiger partial charge in [0.1, 0.15) is 8.07 Å². The van der Waals surface area contributed by atoms with E-state index in [9.17, 15) is 0 Å². The summed E-state index contributed by atoms with van der Waals surface area (Å²) in [5, 5.41) is -0.765. The number of rotatable bonds is 16. The van der Waals surface area contributed by atoms with Gasteiger partial charge in [0.25, 0.3) is 0 Å². The van der Waals surface area contributed by atoms with Crippen LogP contribution in [0.15, 0.2) is 36.8 Å². The van der Waals surface area contributed by atoms with Gasteiger partial charge in [0.15, 0.2) is 0 Å². The highest BCUT2D eigenvalue weighted by molar-refractivity contribution is 6.87. The van der Waals surface area contributed by atoms with Crippen LogP contribution >= 0.6 is 0 Å². The summed E-state index contributed by atoms with van der Waals surface area (Å²) >= 11 is 0. The highest BCUT2D eigenvalue weighted by Gasteiger charge is 2.61. The molecule has 0 heterocycles. The summed E-state index contributed by atoms with van der Waals surface area (Å²) in [5.74, 6) is 0. The van der Waals surface area contributed by atoms with E-state index < -0.39 is 38.6 Å². The molecule has 0 rings (SSSR count). The van der Waals surface area contributed by atoms with Crippen LogP contribution in [-0.4, -0.2) is 49.1 Å². The zero-order valence-corrected chi connectivity index (χ0v) is 30.2. The SMILES string of the molecule is C=C[Si](C)(C)OC(C)(C)[Si](C)(C)OC(C)(CC)C(C)(C)[Si](C)(C=C)OC(CC)(CC)[Si](C)(C)C=C. The predicted molar refractivity (Wildman–Crippen MR) is 168 cm³/mol. The van der Waals surface area contributed by atoms with Crippen LogP contribution in [0.1, 0.15) is 74.7 Å². The van der Waals surface area contributed by atoms with Crippen molar-refractivity contribution >= 4 is 33.0 Å². The lowest BCUT2D eigenvalue weighted by Crippen LogP contribution is -2.68. The average Bonchev–Trinajstić information content (AvgIpc) is 2.75. The summed E-state index contributed by atoms with van der Waals surface area (Å²) in [6.45, 7) is 46.9. The van der Waals surface area contributed by atoms with Gasteiger partial charge in [-0.25, -0.2) is 0 Å². The Hall–Kier alpha value is -0.0325. The maximum Gasteiger partial charge on any atom is 0.222 e. The zero-order chi connectivity index (χ0) is 28.4. The predicted octanol–water partition coefficient (Wildman–Crippen LogP) is 9.27. The highest BCUT2D eigenvalue weighted by Crippen LogP contribution is 2.55. The molecule has 206 valence electrons. The fourth-order valence-corrected chi connectivity index (χ4v) is 17.3. The van der Waals surface area contributed by atoms with Gasteiger partial charge in [-0.2, -0.15) is 0 Å². The first kappa shape index (κ1) is 35.0. The quantitative estimate of drug-likeness (QED) is 0.177. The van der Waals surface area contributed by atoms with E-state index in [-0.39, 0.29) is 15.5 Å². The lowest BCUT2D eigenvalue weighted by molar-refractivity contribution is -0.00207. The number of hydrogen-bond acceptors (Lipinski definition) is 3. The van der Waals surface area contributed by atoms with Crippen LogP contribution in [0.4, 0.5) is 0 Å². The van der Waals surface area contributed by atoms with E-state index in [0.717, 1.165) is 19.3 Å². The Balaban J connectivity index is 6.65. The molecule has 7 heteroatoms. The molecule has 0 aromatic rings. The molecule has 0 aliphatic carbocycles. The second kappa shape index (κ2) is 11.4. The maximum atomic E-state index is 7.45. The first-order chi connectivity index (χ1) is 15.5. The zero-order valence-electron chi connectivity index (χ0n) is 26.2. The van der Waals surface area contributed by atoms with Crippen LogP contribution < -0.4 is 0 Å². The topological polar surface area (TPSA) is 27.7 Å². The Bertz CT molecular complexity index is 753. The van der Waals surface area contributed by atoms with Crippen molar-refractivity contribution < 1.29 is 13.3 Å². The third-order valence-electron chi connectivity index (χ3n) is 9.80. The van der Waals surface area contributed by atoms with E-state index in [1.165, 1.54) is 0 Å². The summed E-state index contributed by atoms with van der Waals surface area (Å²) in [5.41, 5.74) is 5.97. The van der Waals surface area contributed by atoms with Crippen molar-refractivity contribution in [1.29, 1.82) is 0 Å². The summed E-state index contributed by atoms with van der Waals surface area (Å²) in [6, 6.07) is 0. The normalized spacial score (nSPS) is 17.9. The van der Waals surface area contributed by atoms with Crippen LogP contribution in [0.25, 0.3) is 0 Å². The summed E-state index contributed by atoms with van der Waals surface area (Å²) in [4.78, 5) is 0. The summed E-state index contributed by atoms with van der Waals surface area (Å²) in [6.07, 6.45) is 2.85. The lowest BCUT2D eigenvalue weighted by atomic mass is 9.89. The Morgan fingerprint density at radius 1 is 0.629 bits per heavy atom. The number of hydrogen-bond donors (Lipinski definition) is 0. The largest absolute Gasteiger partial charge is 0.410 e. The van der Waals surface area contributed by atoms with Crippen molar-refractivity contribution in [3.05, 3.63) is 36.8 Å². The van der Waals surface area contributed by atoms with Crippen LogP contribution in [0.2, 0.25) is 50.9 Å². The van der Waals surface area contributed by atoms with E-state index in [1.54, 1.807) is 0 Å². The summed E-state index contributed by atoms with van der Waals surface area (Å²) in [7, 11) is -8.72. The maximum absolute atomic E-state index is 7.45. The molecule has 3 nitrogen and oxygen atoms in total. The minimum atomic E-state index is -2.52. The molecule has 0 fully saturated rings. The molecule has 0 N–H and O–H groups in total. The first-order valence-corrected chi connectivity index (χ1v) is 25.0. The second-order valence-corrected chi connectivity index (χ2v) is 30.4. The van der Waals surface area contributed by atoms with E-state index in [4.69, 9.17) is 13.3 Å². The van der Waals surface area contributed by atoms with Crippen molar-refractivity contribution in [1.82, 2.24) is 0 Å². The molecule has 0 saturated heterocycles. The third kappa shape index (κ3) is 6.70. The minimum Gasteiger partial charge on any atom is -0.410 e. The Morgan fingerprint density at radius 3 is 1.40 bits per heavy atom. The molecule has 0 aromatic carbocycles.